The second-order valence-electron chi connectivity index (χ2n) is 3.94. The number of nitrogens with one attached hydrogen (secondary N) is 1. The average Bonchev–Trinajstić information content (AvgIpc) is 2.28. The van der Waals surface area contributed by atoms with Crippen molar-refractivity contribution < 1.29 is 9.53 Å². The van der Waals surface area contributed by atoms with Crippen molar-refractivity contribution in [1.29, 1.82) is 0 Å². The molecule has 0 aromatic heterocycles. The van der Waals surface area contributed by atoms with E-state index < -0.39 is 0 Å². The number of hydrogen-bond donors (Lipinski definition) is 1. The van der Waals surface area contributed by atoms with Gasteiger partial charge >= 0.3 is 5.97 Å². The molecule has 0 amide bonds. The third kappa shape index (κ3) is 7.71. The first-order valence-electron chi connectivity index (χ1n) is 5.76. The van der Waals surface area contributed by atoms with E-state index in [0.717, 1.165) is 19.4 Å². The van der Waals surface area contributed by atoms with E-state index in [-0.39, 0.29) is 12.0 Å². The lowest BCUT2D eigenvalue weighted by Gasteiger charge is -2.13. The van der Waals surface area contributed by atoms with E-state index in [2.05, 4.69) is 12.2 Å². The minimum atomic E-state index is -0.274. The molecule has 0 aromatic rings. The van der Waals surface area contributed by atoms with E-state index in [1.807, 2.05) is 6.92 Å². The molecule has 0 aliphatic heterocycles. The molecule has 1 N–H and O–H groups in total. The molecule has 0 saturated heterocycles. The van der Waals surface area contributed by atoms with Crippen LogP contribution in [0.3, 0.4) is 0 Å². The van der Waals surface area contributed by atoms with Crippen LogP contribution in [0.5, 0.6) is 0 Å². The molecular weight excluding hydrogens is 226 g/mol. The second kappa shape index (κ2) is 9.67. The van der Waals surface area contributed by atoms with Crippen LogP contribution in [0.2, 0.25) is 0 Å². The lowest BCUT2D eigenvalue weighted by atomic mass is 10.1. The summed E-state index contributed by atoms with van der Waals surface area (Å²) in [6, 6.07) is -0.274. The summed E-state index contributed by atoms with van der Waals surface area (Å²) >= 11 is 5.69. The van der Waals surface area contributed by atoms with Crippen molar-refractivity contribution in [2.75, 3.05) is 12.4 Å². The number of hydrogen-bond acceptors (Lipinski definition) is 3. The summed E-state index contributed by atoms with van der Waals surface area (Å²) in [4.78, 5) is 11.4. The fraction of sp³-hybridized carbons (Fsp3) is 0.750. The summed E-state index contributed by atoms with van der Waals surface area (Å²) < 4.78 is 4.92. The molecule has 0 radical (unpaired) electrons. The van der Waals surface area contributed by atoms with Gasteiger partial charge in [-0.1, -0.05) is 13.8 Å². The van der Waals surface area contributed by atoms with E-state index in [1.165, 1.54) is 6.26 Å². The summed E-state index contributed by atoms with van der Waals surface area (Å²) in [6.07, 6.45) is 5.08. The van der Waals surface area contributed by atoms with Gasteiger partial charge < -0.3 is 10.1 Å². The highest BCUT2D eigenvalue weighted by molar-refractivity contribution is 6.18. The third-order valence-corrected chi connectivity index (χ3v) is 2.75. The van der Waals surface area contributed by atoms with Crippen LogP contribution in [0.4, 0.5) is 0 Å². The Morgan fingerprint density at radius 3 is 2.75 bits per heavy atom. The van der Waals surface area contributed by atoms with E-state index in [1.54, 1.807) is 13.0 Å². The number of allylic oxidation sites excluding steroid dienone is 1. The van der Waals surface area contributed by atoms with Crippen LogP contribution < -0.4 is 5.32 Å². The first-order chi connectivity index (χ1) is 7.61. The number of esters is 1. The van der Waals surface area contributed by atoms with Crippen LogP contribution in [0.15, 0.2) is 12.3 Å². The molecule has 16 heavy (non-hydrogen) atoms. The van der Waals surface area contributed by atoms with Crippen LogP contribution in [0.1, 0.15) is 33.6 Å². The van der Waals surface area contributed by atoms with Crippen LogP contribution in [0.25, 0.3) is 0 Å². The molecule has 0 fully saturated rings. The highest BCUT2D eigenvalue weighted by Crippen LogP contribution is 2.02. The standard InChI is InChI=1S/C12H22ClNO2/c1-4-5-8-16-12(15)11(3)14-7-6-10(2)9-13/h5,8,10-11,14H,4,6-7,9H2,1-3H3. The highest BCUT2D eigenvalue weighted by atomic mass is 35.5. The molecule has 0 aliphatic carbocycles. The predicted molar refractivity (Wildman–Crippen MR) is 67.5 cm³/mol. The fourth-order valence-corrected chi connectivity index (χ4v) is 1.17. The van der Waals surface area contributed by atoms with Gasteiger partial charge in [-0.05, 0) is 38.3 Å². The Morgan fingerprint density at radius 2 is 2.19 bits per heavy atom. The molecule has 2 unspecified atom stereocenters. The lowest BCUT2D eigenvalue weighted by Crippen LogP contribution is -2.35. The SMILES string of the molecule is CCC=COC(=O)C(C)NCCC(C)CCl. The first-order valence-corrected chi connectivity index (χ1v) is 6.30. The summed E-state index contributed by atoms with van der Waals surface area (Å²) in [5, 5.41) is 3.11. The molecule has 0 bridgehead atoms. The van der Waals surface area contributed by atoms with E-state index in [0.29, 0.717) is 11.8 Å². The quantitative estimate of drug-likeness (QED) is 0.407. The van der Waals surface area contributed by atoms with Gasteiger partial charge in [0.05, 0.1) is 6.26 Å². The molecule has 2 atom stereocenters. The smallest absolute Gasteiger partial charge is 0.327 e. The van der Waals surface area contributed by atoms with Gasteiger partial charge in [0.15, 0.2) is 0 Å². The number of carbonyl (C=O) groups excluding carboxylic acids is 1. The molecule has 94 valence electrons. The van der Waals surface area contributed by atoms with E-state index >= 15 is 0 Å². The number of alkyl halides is 1. The lowest BCUT2D eigenvalue weighted by molar-refractivity contribution is -0.140. The van der Waals surface area contributed by atoms with E-state index in [4.69, 9.17) is 16.3 Å². The van der Waals surface area contributed by atoms with Crippen molar-refractivity contribution in [3.05, 3.63) is 12.3 Å². The Hall–Kier alpha value is -0.540. The monoisotopic (exact) mass is 247 g/mol. The molecule has 0 saturated carbocycles. The Kier molecular flexibility index (Phi) is 9.34. The predicted octanol–water partition coefficient (Wildman–Crippen LogP) is 2.70. The van der Waals surface area contributed by atoms with Crippen molar-refractivity contribution >= 4 is 17.6 Å². The zero-order valence-electron chi connectivity index (χ0n) is 10.3. The van der Waals surface area contributed by atoms with Gasteiger partial charge in [0.2, 0.25) is 0 Å². The summed E-state index contributed by atoms with van der Waals surface area (Å²) in [5.41, 5.74) is 0. The van der Waals surface area contributed by atoms with Crippen LogP contribution in [-0.2, 0) is 9.53 Å². The largest absolute Gasteiger partial charge is 0.434 e. The van der Waals surface area contributed by atoms with Crippen LogP contribution in [-0.4, -0.2) is 24.4 Å². The van der Waals surface area contributed by atoms with Gasteiger partial charge in [0, 0.05) is 5.88 Å². The van der Waals surface area contributed by atoms with Gasteiger partial charge in [-0.25, -0.2) is 4.79 Å². The second-order valence-corrected chi connectivity index (χ2v) is 4.25. The fourth-order valence-electron chi connectivity index (χ4n) is 1.02. The van der Waals surface area contributed by atoms with Crippen molar-refractivity contribution in [2.24, 2.45) is 5.92 Å². The zero-order chi connectivity index (χ0) is 12.4. The Bertz CT molecular complexity index is 219. The third-order valence-electron chi connectivity index (χ3n) is 2.22. The molecule has 0 heterocycles. The molecule has 0 rings (SSSR count). The Balaban J connectivity index is 3.66. The molecule has 0 aromatic carbocycles. The molecule has 3 nitrogen and oxygen atoms in total. The topological polar surface area (TPSA) is 38.3 Å². The Labute approximate surface area is 103 Å². The molecular formula is C12H22ClNO2. The van der Waals surface area contributed by atoms with Crippen LogP contribution in [0, 0.1) is 5.92 Å². The van der Waals surface area contributed by atoms with E-state index in [9.17, 15) is 4.79 Å². The van der Waals surface area contributed by atoms with Gasteiger partial charge in [-0.2, -0.15) is 0 Å². The van der Waals surface area contributed by atoms with Gasteiger partial charge in [-0.15, -0.1) is 11.6 Å². The first kappa shape index (κ1) is 15.5. The highest BCUT2D eigenvalue weighted by Gasteiger charge is 2.12. The number of rotatable bonds is 8. The minimum Gasteiger partial charge on any atom is -0.434 e. The molecule has 0 aliphatic rings. The van der Waals surface area contributed by atoms with Crippen molar-refractivity contribution in [1.82, 2.24) is 5.32 Å². The minimum absolute atomic E-state index is 0.247. The maximum atomic E-state index is 11.4. The number of ether oxygens (including phenoxy) is 1. The number of halogens is 1. The zero-order valence-corrected chi connectivity index (χ0v) is 11.1. The van der Waals surface area contributed by atoms with Crippen molar-refractivity contribution in [3.63, 3.8) is 0 Å². The summed E-state index contributed by atoms with van der Waals surface area (Å²) in [7, 11) is 0. The van der Waals surface area contributed by atoms with Crippen molar-refractivity contribution in [2.45, 2.75) is 39.7 Å². The number of carbonyl (C=O) groups is 1. The van der Waals surface area contributed by atoms with Gasteiger partial charge in [0.25, 0.3) is 0 Å². The van der Waals surface area contributed by atoms with Crippen LogP contribution >= 0.6 is 11.6 Å². The maximum absolute atomic E-state index is 11.4. The normalized spacial score (nSPS) is 15.0. The maximum Gasteiger partial charge on any atom is 0.327 e. The van der Waals surface area contributed by atoms with Gasteiger partial charge in [-0.3, -0.25) is 0 Å². The summed E-state index contributed by atoms with van der Waals surface area (Å²) in [6.45, 7) is 6.65. The average molecular weight is 248 g/mol. The Morgan fingerprint density at radius 1 is 1.50 bits per heavy atom. The molecule has 0 spiro atoms. The van der Waals surface area contributed by atoms with Gasteiger partial charge in [0.1, 0.15) is 6.04 Å². The van der Waals surface area contributed by atoms with Crippen molar-refractivity contribution in [3.8, 4) is 0 Å². The summed E-state index contributed by atoms with van der Waals surface area (Å²) in [5.74, 6) is 0.875. The molecule has 4 heteroatoms.